The van der Waals surface area contributed by atoms with Crippen LogP contribution in [0.15, 0.2) is 0 Å². The molecule has 0 rings (SSSR count). The predicted octanol–water partition coefficient (Wildman–Crippen LogP) is -0.234. The Hall–Kier alpha value is 0.832. The fraction of sp³-hybridized carbons (Fsp3) is 0. The van der Waals surface area contributed by atoms with Gasteiger partial charge in [-0.25, -0.2) is 0 Å². The van der Waals surface area contributed by atoms with Gasteiger partial charge in [0.25, 0.3) is 0 Å². The van der Waals surface area contributed by atoms with Crippen LogP contribution in [0, 0.1) is 0 Å². The molecule has 0 bridgehead atoms. The summed E-state index contributed by atoms with van der Waals surface area (Å²) in [6.07, 6.45) is 0. The molecule has 0 saturated heterocycles. The van der Waals surface area contributed by atoms with Crippen molar-refractivity contribution in [2.24, 2.45) is 0 Å². The molecule has 0 spiro atoms. The van der Waals surface area contributed by atoms with Gasteiger partial charge in [-0.3, -0.25) is 0 Å². The van der Waals surface area contributed by atoms with Crippen LogP contribution in [0.4, 0.5) is 0 Å². The second-order valence-electron chi connectivity index (χ2n) is 0.217. The maximum atomic E-state index is 8.56. The summed E-state index contributed by atoms with van der Waals surface area (Å²) in [6.45, 7) is 0. The SMILES string of the molecule is O=[S-](=O)O.[Cd]. The first-order valence-electron chi connectivity index (χ1n) is 0.516. The first-order valence-corrected chi connectivity index (χ1v) is 1.55. The van der Waals surface area contributed by atoms with Crippen molar-refractivity contribution in [1.82, 2.24) is 0 Å². The third-order valence-electron chi connectivity index (χ3n) is 0. The van der Waals surface area contributed by atoms with Crippen molar-refractivity contribution in [2.75, 3.05) is 0 Å². The molecule has 0 aromatic carbocycles. The molecule has 5 heteroatoms. The third-order valence-corrected chi connectivity index (χ3v) is 0. The van der Waals surface area contributed by atoms with E-state index >= 15 is 0 Å². The quantitative estimate of drug-likeness (QED) is 0.250. The molecule has 3 nitrogen and oxygen atoms in total. The van der Waals surface area contributed by atoms with Crippen LogP contribution in [0.5, 0.6) is 0 Å². The van der Waals surface area contributed by atoms with Gasteiger partial charge < -0.3 is 13.0 Å². The van der Waals surface area contributed by atoms with E-state index in [0.717, 1.165) is 0 Å². The molecule has 0 aromatic rings. The molecule has 0 aliphatic carbocycles. The molecular formula is HCdO3S-. The third kappa shape index (κ3) is 56.0. The van der Waals surface area contributed by atoms with Gasteiger partial charge in [-0.1, -0.05) is 0 Å². The van der Waals surface area contributed by atoms with E-state index in [1.54, 1.807) is 0 Å². The molecule has 5 heavy (non-hydrogen) atoms. The molecule has 0 atom stereocenters. The zero-order valence-corrected chi connectivity index (χ0v) is 7.23. The van der Waals surface area contributed by atoms with Gasteiger partial charge >= 0.3 is 0 Å². The van der Waals surface area contributed by atoms with Crippen molar-refractivity contribution in [3.63, 3.8) is 0 Å². The fourth-order valence-corrected chi connectivity index (χ4v) is 0. The van der Waals surface area contributed by atoms with Crippen LogP contribution in [0.25, 0.3) is 0 Å². The Morgan fingerprint density at radius 3 is 1.40 bits per heavy atom. The van der Waals surface area contributed by atoms with Crippen molar-refractivity contribution in [3.8, 4) is 0 Å². The molecule has 0 radical (unpaired) electrons. The van der Waals surface area contributed by atoms with E-state index < -0.39 is 11.0 Å². The number of hydrogen-bond acceptors (Lipinski definition) is 3. The zero-order valence-electron chi connectivity index (χ0n) is 2.38. The van der Waals surface area contributed by atoms with Crippen LogP contribution < -0.4 is 0 Å². The van der Waals surface area contributed by atoms with Crippen LogP contribution >= 0.6 is 0 Å². The molecular weight excluding hydrogens is 192 g/mol. The van der Waals surface area contributed by atoms with Gasteiger partial charge in [0.1, 0.15) is 0 Å². The monoisotopic (exact) mass is 195 g/mol. The van der Waals surface area contributed by atoms with Crippen LogP contribution in [-0.4, -0.2) is 4.55 Å². The van der Waals surface area contributed by atoms with Crippen molar-refractivity contribution in [3.05, 3.63) is 0 Å². The Labute approximate surface area is 51.3 Å². The van der Waals surface area contributed by atoms with Crippen LogP contribution in [-0.2, 0) is 46.7 Å². The molecule has 0 aromatic heterocycles. The minimum atomic E-state index is -2.86. The summed E-state index contributed by atoms with van der Waals surface area (Å²) in [7, 11) is -2.86. The molecule has 0 unspecified atom stereocenters. The van der Waals surface area contributed by atoms with Gasteiger partial charge in [0.2, 0.25) is 0 Å². The van der Waals surface area contributed by atoms with Crippen molar-refractivity contribution in [2.45, 2.75) is 0 Å². The minimum Gasteiger partial charge on any atom is -0.439 e. The normalized spacial score (nSPS) is 6.80. The van der Waals surface area contributed by atoms with Crippen molar-refractivity contribution >= 4 is 11.0 Å². The van der Waals surface area contributed by atoms with Crippen LogP contribution in [0.3, 0.4) is 0 Å². The Morgan fingerprint density at radius 2 is 1.40 bits per heavy atom. The second kappa shape index (κ2) is 4.83. The van der Waals surface area contributed by atoms with Gasteiger partial charge in [-0.2, -0.15) is 0 Å². The first-order chi connectivity index (χ1) is 1.73. The molecule has 0 aliphatic rings. The summed E-state index contributed by atoms with van der Waals surface area (Å²) >= 11 is 0. The van der Waals surface area contributed by atoms with E-state index in [1.165, 1.54) is 0 Å². The molecule has 1 N–H and O–H groups in total. The molecule has 0 amide bonds. The Morgan fingerprint density at radius 1 is 1.40 bits per heavy atom. The zero-order chi connectivity index (χ0) is 3.58. The molecule has 0 heterocycles. The van der Waals surface area contributed by atoms with Gasteiger partial charge in [-0.05, 0) is 0 Å². The van der Waals surface area contributed by atoms with E-state index in [4.69, 9.17) is 13.0 Å². The Kier molecular flexibility index (Phi) is 8.96. The summed E-state index contributed by atoms with van der Waals surface area (Å²) in [4.78, 5) is 0. The van der Waals surface area contributed by atoms with E-state index in [9.17, 15) is 0 Å². The largest absolute Gasteiger partial charge is 0.439 e. The summed E-state index contributed by atoms with van der Waals surface area (Å²) in [6, 6.07) is 0. The van der Waals surface area contributed by atoms with E-state index in [2.05, 4.69) is 0 Å². The standard InChI is InChI=1S/Cd.HO3S/c;1-4(2)3/h;(H,1,2,3)/q;-1. The topological polar surface area (TPSA) is 54.4 Å². The number of rotatable bonds is 0. The average Bonchev–Trinajstić information content (AvgIpc) is 0.811. The summed E-state index contributed by atoms with van der Waals surface area (Å²) < 4.78 is 24.1. The smallest absolute Gasteiger partial charge is 0.0495 e. The van der Waals surface area contributed by atoms with Gasteiger partial charge in [0.15, 0.2) is 0 Å². The van der Waals surface area contributed by atoms with E-state index in [0.29, 0.717) is 0 Å². The second-order valence-corrected chi connectivity index (χ2v) is 0.651. The van der Waals surface area contributed by atoms with Gasteiger partial charge in [0, 0.05) is 38.3 Å². The predicted molar refractivity (Wildman–Crippen MR) is 11.4 cm³/mol. The molecule has 0 saturated carbocycles. The molecule has 0 fully saturated rings. The summed E-state index contributed by atoms with van der Waals surface area (Å²) in [5, 5.41) is 0. The maximum Gasteiger partial charge on any atom is 0.0495 e. The minimum absolute atomic E-state index is 0. The first kappa shape index (κ1) is 9.27. The molecule has 0 aliphatic heterocycles. The Balaban J connectivity index is 0. The van der Waals surface area contributed by atoms with Gasteiger partial charge in [-0.15, -0.1) is 0 Å². The van der Waals surface area contributed by atoms with Crippen LogP contribution in [0.1, 0.15) is 0 Å². The summed E-state index contributed by atoms with van der Waals surface area (Å²) in [5.41, 5.74) is 0. The van der Waals surface area contributed by atoms with Crippen molar-refractivity contribution < 1.29 is 40.3 Å². The average molecular weight is 193 g/mol. The van der Waals surface area contributed by atoms with E-state index in [-0.39, 0.29) is 27.3 Å². The van der Waals surface area contributed by atoms with Crippen LogP contribution in [0.2, 0.25) is 0 Å². The van der Waals surface area contributed by atoms with Crippen molar-refractivity contribution in [1.29, 1.82) is 0 Å². The summed E-state index contributed by atoms with van der Waals surface area (Å²) in [5.74, 6) is 0. The van der Waals surface area contributed by atoms with E-state index in [1.807, 2.05) is 0 Å². The number of hydrogen-bond donors (Lipinski definition) is 1. The molecule has 28 valence electrons. The fourth-order valence-electron chi connectivity index (χ4n) is 0. The maximum absolute atomic E-state index is 8.56. The van der Waals surface area contributed by atoms with Gasteiger partial charge in [0.05, 0.1) is 0 Å². The Bertz CT molecular complexity index is 55.3.